The average molecular weight is 465 g/mol. The molecule has 134 valence electrons. The van der Waals surface area contributed by atoms with Crippen molar-refractivity contribution >= 4 is 3.71 Å². The van der Waals surface area contributed by atoms with Gasteiger partial charge in [0.05, 0.1) is 0 Å². The summed E-state index contributed by atoms with van der Waals surface area (Å²) in [5, 5.41) is 9.22. The molecule has 0 fully saturated rings. The predicted octanol–water partition coefficient (Wildman–Crippen LogP) is -1.20. The fraction of sp³-hybridized carbons (Fsp3) is 0.227. The molecule has 0 aliphatic heterocycles. The molecule has 0 saturated heterocycles. The second kappa shape index (κ2) is 9.42. The van der Waals surface area contributed by atoms with Crippen LogP contribution in [0.4, 0.5) is 0 Å². The maximum absolute atomic E-state index is 9.22. The maximum atomic E-state index is 9.22. The number of allylic oxidation sites excluding steroid dienone is 3. The summed E-state index contributed by atoms with van der Waals surface area (Å²) in [6.07, 6.45) is 6.60. The molecule has 2 aromatic carbocycles. The molecule has 26 heavy (non-hydrogen) atoms. The first-order valence-electron chi connectivity index (χ1n) is 8.68. The Morgan fingerprint density at radius 1 is 1.00 bits per heavy atom. The molecule has 0 atom stereocenters. The predicted molar refractivity (Wildman–Crippen MR) is 97.9 cm³/mol. The topological polar surface area (TPSA) is 20.2 Å². The van der Waals surface area contributed by atoms with Gasteiger partial charge in [0.15, 0.2) is 0 Å². The van der Waals surface area contributed by atoms with Crippen molar-refractivity contribution in [3.8, 4) is 11.1 Å². The zero-order valence-electron chi connectivity index (χ0n) is 14.8. The smallest absolute Gasteiger partial charge is 1.00 e. The van der Waals surface area contributed by atoms with E-state index in [4.69, 9.17) is 0 Å². The summed E-state index contributed by atoms with van der Waals surface area (Å²) in [6, 6.07) is 17.9. The third-order valence-corrected chi connectivity index (χ3v) is 12.4. The molecule has 2 aliphatic carbocycles. The van der Waals surface area contributed by atoms with Crippen molar-refractivity contribution in [2.75, 3.05) is 6.61 Å². The maximum Gasteiger partial charge on any atom is -1.00 e. The molecule has 1 nitrogen and oxygen atoms in total. The first kappa shape index (κ1) is 21.5. The van der Waals surface area contributed by atoms with Gasteiger partial charge in [0.25, 0.3) is 0 Å². The van der Waals surface area contributed by atoms with Crippen molar-refractivity contribution in [3.63, 3.8) is 0 Å². The van der Waals surface area contributed by atoms with Crippen LogP contribution in [0.2, 0.25) is 0 Å². The van der Waals surface area contributed by atoms with E-state index in [0.717, 1.165) is 12.8 Å². The van der Waals surface area contributed by atoms with E-state index in [-0.39, 0.29) is 31.4 Å². The minimum absolute atomic E-state index is 0. The van der Waals surface area contributed by atoms with Crippen LogP contribution in [0, 0.1) is 0 Å². The van der Waals surface area contributed by atoms with Crippen LogP contribution < -0.4 is 24.8 Å². The summed E-state index contributed by atoms with van der Waals surface area (Å²) in [6.45, 7) is 2.52. The molecule has 4 heteroatoms. The van der Waals surface area contributed by atoms with E-state index in [9.17, 15) is 5.11 Å². The summed E-state index contributed by atoms with van der Waals surface area (Å²) in [7, 11) is 0. The molecule has 4 rings (SSSR count). The van der Waals surface area contributed by atoms with Crippen molar-refractivity contribution in [2.45, 2.75) is 23.4 Å². The van der Waals surface area contributed by atoms with E-state index >= 15 is 0 Å². The van der Waals surface area contributed by atoms with Crippen molar-refractivity contribution in [3.05, 3.63) is 80.7 Å². The molecule has 0 unspecified atom stereocenters. The summed E-state index contributed by atoms with van der Waals surface area (Å²) in [4.78, 5) is 0. The molecular formula is C22H22Cl2OZr. The molecule has 0 saturated carbocycles. The van der Waals surface area contributed by atoms with Gasteiger partial charge in [-0.25, -0.2) is 0 Å². The Morgan fingerprint density at radius 3 is 2.12 bits per heavy atom. The molecule has 0 heterocycles. The fourth-order valence-corrected chi connectivity index (χ4v) is 11.3. The van der Waals surface area contributed by atoms with Gasteiger partial charge >= 0.3 is 152 Å². The largest absolute Gasteiger partial charge is 1.00 e. The van der Waals surface area contributed by atoms with Crippen LogP contribution in [0.15, 0.2) is 69.5 Å². The van der Waals surface area contributed by atoms with Gasteiger partial charge in [-0.15, -0.1) is 0 Å². The van der Waals surface area contributed by atoms with Gasteiger partial charge in [-0.05, 0) is 0 Å². The van der Waals surface area contributed by atoms with E-state index < -0.39 is 21.3 Å². The van der Waals surface area contributed by atoms with Crippen LogP contribution in [0.3, 0.4) is 0 Å². The summed E-state index contributed by atoms with van der Waals surface area (Å²) in [5.41, 5.74) is 7.25. The van der Waals surface area contributed by atoms with Gasteiger partial charge in [-0.1, -0.05) is 0 Å². The number of hydrogen-bond acceptors (Lipinski definition) is 1. The van der Waals surface area contributed by atoms with Gasteiger partial charge < -0.3 is 24.8 Å². The van der Waals surface area contributed by atoms with Crippen LogP contribution in [0.25, 0.3) is 11.1 Å². The summed E-state index contributed by atoms with van der Waals surface area (Å²) in [5.74, 6) is 0. The number of hydrogen-bond donors (Lipinski definition) is 1. The minimum Gasteiger partial charge on any atom is -1.00 e. The van der Waals surface area contributed by atoms with E-state index in [1.165, 1.54) is 27.8 Å². The van der Waals surface area contributed by atoms with Crippen LogP contribution in [0.1, 0.15) is 34.5 Å². The molecule has 0 amide bonds. The summed E-state index contributed by atoms with van der Waals surface area (Å²) >= 11 is -1.94. The Hall–Kier alpha value is -0.787. The zero-order chi connectivity index (χ0) is 16.5. The van der Waals surface area contributed by atoms with Crippen molar-refractivity contribution in [2.24, 2.45) is 0 Å². The van der Waals surface area contributed by atoms with Crippen LogP contribution in [-0.4, -0.2) is 15.4 Å². The SMILES string of the molecule is C[CH]=[Zr+2]([C]1=CC(CCO)=CC1)[CH]1c2ccccc2-c2ccccc21.[Cl-].[Cl-]. The number of halogens is 2. The summed E-state index contributed by atoms with van der Waals surface area (Å²) < 4.78 is 4.81. The molecule has 0 radical (unpaired) electrons. The number of rotatable bonds is 4. The molecular weight excluding hydrogens is 442 g/mol. The molecule has 0 bridgehead atoms. The molecule has 0 aromatic heterocycles. The normalized spacial score (nSPS) is 14.7. The Labute approximate surface area is 175 Å². The standard InChI is InChI=1S/C13H9.C7H9O.C2H4.2ClH.Zr/c1-3-7-12-10(5-1)9-11-6-2-4-8-13(11)12;8-6-5-7-3-1-2-4-7;1-2;;;/h1-9H;3-4,8H,1,5-6H2;1H,2H3;2*1H;/q;;;;;+2/p-2. The van der Waals surface area contributed by atoms with E-state index in [1.807, 2.05) is 0 Å². The quantitative estimate of drug-likeness (QED) is 0.603. The van der Waals surface area contributed by atoms with Gasteiger partial charge in [-0.2, -0.15) is 0 Å². The van der Waals surface area contributed by atoms with Gasteiger partial charge in [-0.3, -0.25) is 0 Å². The Bertz CT molecular complexity index is 838. The number of aliphatic hydroxyl groups is 1. The zero-order valence-corrected chi connectivity index (χ0v) is 18.7. The van der Waals surface area contributed by atoms with Crippen LogP contribution >= 0.6 is 0 Å². The molecule has 2 aromatic rings. The molecule has 0 spiro atoms. The van der Waals surface area contributed by atoms with Gasteiger partial charge in [0, 0.05) is 0 Å². The Balaban J connectivity index is 0.00000121. The van der Waals surface area contributed by atoms with Crippen molar-refractivity contribution < 1.29 is 51.2 Å². The fourth-order valence-electron chi connectivity index (χ4n) is 4.12. The Morgan fingerprint density at radius 2 is 1.58 bits per heavy atom. The molecule has 1 N–H and O–H groups in total. The number of benzene rings is 2. The van der Waals surface area contributed by atoms with Crippen molar-refractivity contribution in [1.82, 2.24) is 0 Å². The Kier molecular flexibility index (Phi) is 7.80. The average Bonchev–Trinajstić information content (AvgIpc) is 3.20. The van der Waals surface area contributed by atoms with Crippen LogP contribution in [-0.2, 0) is 21.3 Å². The van der Waals surface area contributed by atoms with Gasteiger partial charge in [0.1, 0.15) is 0 Å². The third kappa shape index (κ3) is 3.76. The molecule has 2 aliphatic rings. The van der Waals surface area contributed by atoms with Gasteiger partial charge in [0.2, 0.25) is 0 Å². The van der Waals surface area contributed by atoms with Crippen LogP contribution in [0.5, 0.6) is 0 Å². The second-order valence-electron chi connectivity index (χ2n) is 6.48. The second-order valence-corrected chi connectivity index (χ2v) is 13.1. The number of fused-ring (bicyclic) bond motifs is 3. The third-order valence-electron chi connectivity index (χ3n) is 5.17. The monoisotopic (exact) mass is 462 g/mol. The number of aliphatic hydroxyl groups excluding tert-OH is 1. The van der Waals surface area contributed by atoms with Crippen molar-refractivity contribution in [1.29, 1.82) is 0 Å². The van der Waals surface area contributed by atoms with E-state index in [2.05, 4.69) is 71.3 Å². The first-order chi connectivity index (χ1) is 11.8. The van der Waals surface area contributed by atoms with E-state index in [1.54, 1.807) is 3.28 Å². The first-order valence-corrected chi connectivity index (χ1v) is 12.8. The van der Waals surface area contributed by atoms with E-state index in [0.29, 0.717) is 3.63 Å². The minimum atomic E-state index is -1.94.